The molecule has 5 heteroatoms. The molecule has 0 unspecified atom stereocenters. The van der Waals surface area contributed by atoms with E-state index >= 15 is 0 Å². The van der Waals surface area contributed by atoms with E-state index in [1.165, 1.54) is 18.2 Å². The van der Waals surface area contributed by atoms with Gasteiger partial charge < -0.3 is 10.5 Å². The molecule has 2 nitrogen and oxygen atoms in total. The van der Waals surface area contributed by atoms with Gasteiger partial charge in [0.05, 0.1) is 5.02 Å². The number of rotatable bonds is 5. The van der Waals surface area contributed by atoms with Crippen molar-refractivity contribution in [2.24, 2.45) is 5.73 Å². The van der Waals surface area contributed by atoms with Crippen molar-refractivity contribution < 1.29 is 9.13 Å². The fourth-order valence-electron chi connectivity index (χ4n) is 1.87. The van der Waals surface area contributed by atoms with Crippen molar-refractivity contribution in [2.45, 2.75) is 13.0 Å². The smallest absolute Gasteiger partial charge is 0.141 e. The zero-order chi connectivity index (χ0) is 14.5. The van der Waals surface area contributed by atoms with Crippen LogP contribution in [0.15, 0.2) is 36.4 Å². The van der Waals surface area contributed by atoms with Gasteiger partial charge in [0.1, 0.15) is 18.2 Å². The lowest BCUT2D eigenvalue weighted by Crippen LogP contribution is -2.06. The van der Waals surface area contributed by atoms with Crippen LogP contribution in [0.5, 0.6) is 5.75 Å². The highest BCUT2D eigenvalue weighted by Gasteiger charge is 2.10. The monoisotopic (exact) mass is 313 g/mol. The van der Waals surface area contributed by atoms with Crippen molar-refractivity contribution in [3.63, 3.8) is 0 Å². The summed E-state index contributed by atoms with van der Waals surface area (Å²) in [6.07, 6.45) is 0.647. The number of halogens is 3. The van der Waals surface area contributed by atoms with Crippen molar-refractivity contribution in [2.75, 3.05) is 6.54 Å². The normalized spacial score (nSPS) is 10.6. The zero-order valence-electron chi connectivity index (χ0n) is 10.7. The SMILES string of the molecule is NCCc1cccc(Cl)c1OCc1cc(Cl)ccc1F. The minimum Gasteiger partial charge on any atom is -0.487 e. The maximum Gasteiger partial charge on any atom is 0.141 e. The first-order valence-electron chi connectivity index (χ1n) is 6.16. The topological polar surface area (TPSA) is 35.2 Å². The summed E-state index contributed by atoms with van der Waals surface area (Å²) < 4.78 is 19.3. The summed E-state index contributed by atoms with van der Waals surface area (Å²) in [5.41, 5.74) is 6.85. The van der Waals surface area contributed by atoms with E-state index in [-0.39, 0.29) is 12.4 Å². The van der Waals surface area contributed by atoms with Gasteiger partial charge >= 0.3 is 0 Å². The lowest BCUT2D eigenvalue weighted by Gasteiger charge is -2.13. The first-order chi connectivity index (χ1) is 9.61. The van der Waals surface area contributed by atoms with Gasteiger partial charge in [-0.25, -0.2) is 4.39 Å². The van der Waals surface area contributed by atoms with Crippen LogP contribution in [0.25, 0.3) is 0 Å². The van der Waals surface area contributed by atoms with Gasteiger partial charge in [-0.15, -0.1) is 0 Å². The van der Waals surface area contributed by atoms with Crippen molar-refractivity contribution in [1.29, 1.82) is 0 Å². The van der Waals surface area contributed by atoms with E-state index < -0.39 is 0 Å². The summed E-state index contributed by atoms with van der Waals surface area (Å²) in [5.74, 6) is 0.181. The molecule has 0 aromatic heterocycles. The van der Waals surface area contributed by atoms with E-state index in [0.29, 0.717) is 34.3 Å². The average molecular weight is 314 g/mol. The van der Waals surface area contributed by atoms with E-state index in [1.54, 1.807) is 6.07 Å². The lowest BCUT2D eigenvalue weighted by atomic mass is 10.1. The van der Waals surface area contributed by atoms with Crippen molar-refractivity contribution in [3.8, 4) is 5.75 Å². The second-order valence-corrected chi connectivity index (χ2v) is 5.13. The second-order valence-electron chi connectivity index (χ2n) is 4.29. The minimum absolute atomic E-state index is 0.0632. The predicted octanol–water partition coefficient (Wildman–Crippen LogP) is 4.21. The highest BCUT2D eigenvalue weighted by atomic mass is 35.5. The third-order valence-corrected chi connectivity index (χ3v) is 3.37. The summed E-state index contributed by atoms with van der Waals surface area (Å²) in [5, 5.41) is 0.949. The quantitative estimate of drug-likeness (QED) is 0.897. The van der Waals surface area contributed by atoms with Crippen molar-refractivity contribution in [1.82, 2.24) is 0 Å². The lowest BCUT2D eigenvalue weighted by molar-refractivity contribution is 0.297. The molecule has 0 aliphatic carbocycles. The van der Waals surface area contributed by atoms with Crippen molar-refractivity contribution in [3.05, 3.63) is 63.4 Å². The maximum absolute atomic E-state index is 13.6. The Morgan fingerprint density at radius 2 is 1.90 bits per heavy atom. The molecule has 0 spiro atoms. The molecule has 0 aliphatic heterocycles. The zero-order valence-corrected chi connectivity index (χ0v) is 12.2. The molecule has 2 aromatic rings. The Morgan fingerprint density at radius 3 is 2.65 bits per heavy atom. The number of para-hydroxylation sites is 1. The first-order valence-corrected chi connectivity index (χ1v) is 6.91. The first kappa shape index (κ1) is 15.1. The fraction of sp³-hybridized carbons (Fsp3) is 0.200. The van der Waals surface area contributed by atoms with Crippen LogP contribution in [-0.2, 0) is 13.0 Å². The number of hydrogen-bond acceptors (Lipinski definition) is 2. The number of benzene rings is 2. The Bertz CT molecular complexity index is 604. The predicted molar refractivity (Wildman–Crippen MR) is 80.0 cm³/mol. The van der Waals surface area contributed by atoms with Crippen LogP contribution in [-0.4, -0.2) is 6.54 Å². The third-order valence-electron chi connectivity index (χ3n) is 2.84. The number of hydrogen-bond donors (Lipinski definition) is 1. The highest BCUT2D eigenvalue weighted by Crippen LogP contribution is 2.30. The van der Waals surface area contributed by atoms with Crippen LogP contribution in [0.2, 0.25) is 10.0 Å². The van der Waals surface area contributed by atoms with Crippen LogP contribution >= 0.6 is 23.2 Å². The van der Waals surface area contributed by atoms with Gasteiger partial charge in [0.25, 0.3) is 0 Å². The Morgan fingerprint density at radius 1 is 1.10 bits per heavy atom. The molecule has 0 saturated heterocycles. The number of nitrogens with two attached hydrogens (primary N) is 1. The summed E-state index contributed by atoms with van der Waals surface area (Å²) in [6.45, 7) is 0.552. The largest absolute Gasteiger partial charge is 0.487 e. The van der Waals surface area contributed by atoms with Crippen LogP contribution < -0.4 is 10.5 Å². The van der Waals surface area contributed by atoms with E-state index in [9.17, 15) is 4.39 Å². The molecular weight excluding hydrogens is 300 g/mol. The van der Waals surface area contributed by atoms with E-state index in [2.05, 4.69) is 0 Å². The van der Waals surface area contributed by atoms with E-state index in [0.717, 1.165) is 5.56 Å². The standard InChI is InChI=1S/C15H14Cl2FNO/c16-12-4-5-14(18)11(8-12)9-20-15-10(6-7-19)2-1-3-13(15)17/h1-5,8H,6-7,9,19H2. The van der Waals surface area contributed by atoms with E-state index in [1.807, 2.05) is 12.1 Å². The second kappa shape index (κ2) is 6.93. The summed E-state index contributed by atoms with van der Waals surface area (Å²) >= 11 is 12.0. The van der Waals surface area contributed by atoms with Crippen LogP contribution in [0.4, 0.5) is 4.39 Å². The molecule has 0 radical (unpaired) electrons. The van der Waals surface area contributed by atoms with Gasteiger partial charge in [-0.05, 0) is 42.8 Å². The summed E-state index contributed by atoms with van der Waals surface area (Å²) in [7, 11) is 0. The van der Waals surface area contributed by atoms with Gasteiger partial charge in [0.15, 0.2) is 0 Å². The fourth-order valence-corrected chi connectivity index (χ4v) is 2.31. The Kier molecular flexibility index (Phi) is 5.24. The van der Waals surface area contributed by atoms with Gasteiger partial charge in [0.2, 0.25) is 0 Å². The maximum atomic E-state index is 13.6. The third kappa shape index (κ3) is 3.63. The van der Waals surface area contributed by atoms with E-state index in [4.69, 9.17) is 33.7 Å². The molecule has 20 heavy (non-hydrogen) atoms. The molecule has 106 valence electrons. The minimum atomic E-state index is -0.359. The van der Waals surface area contributed by atoms with Crippen LogP contribution in [0.3, 0.4) is 0 Å². The van der Waals surface area contributed by atoms with Crippen molar-refractivity contribution >= 4 is 23.2 Å². The molecule has 0 aliphatic rings. The molecule has 2 aromatic carbocycles. The summed E-state index contributed by atoms with van der Waals surface area (Å²) in [4.78, 5) is 0. The molecule has 2 rings (SSSR count). The Labute approximate surface area is 127 Å². The number of ether oxygens (including phenoxy) is 1. The molecule has 0 fully saturated rings. The van der Waals surface area contributed by atoms with Gasteiger partial charge in [-0.3, -0.25) is 0 Å². The van der Waals surface area contributed by atoms with Crippen LogP contribution in [0.1, 0.15) is 11.1 Å². The molecule has 2 N–H and O–H groups in total. The Hall–Kier alpha value is -1.29. The Balaban J connectivity index is 2.20. The molecule has 0 amide bonds. The molecular formula is C15H14Cl2FNO. The molecule has 0 saturated carbocycles. The van der Waals surface area contributed by atoms with Crippen LogP contribution in [0, 0.1) is 5.82 Å². The van der Waals surface area contributed by atoms with Gasteiger partial charge in [-0.1, -0.05) is 35.3 Å². The average Bonchev–Trinajstić information content (AvgIpc) is 2.42. The summed E-state index contributed by atoms with van der Waals surface area (Å²) in [6, 6.07) is 9.80. The molecule has 0 bridgehead atoms. The van der Waals surface area contributed by atoms with Gasteiger partial charge in [0, 0.05) is 10.6 Å². The molecule has 0 heterocycles. The highest BCUT2D eigenvalue weighted by molar-refractivity contribution is 6.32. The van der Waals surface area contributed by atoms with Gasteiger partial charge in [-0.2, -0.15) is 0 Å². The molecule has 0 atom stereocenters.